The number of nitrogens with zero attached hydrogens (tertiary/aromatic N) is 2. The zero-order valence-corrected chi connectivity index (χ0v) is 11.3. The summed E-state index contributed by atoms with van der Waals surface area (Å²) in [7, 11) is 0. The molecule has 2 heterocycles. The zero-order chi connectivity index (χ0) is 13.2. The van der Waals surface area contributed by atoms with Crippen LogP contribution in [0.3, 0.4) is 0 Å². The highest BCUT2D eigenvalue weighted by atomic mass is 19.1. The van der Waals surface area contributed by atoms with Gasteiger partial charge in [0.2, 0.25) is 0 Å². The highest BCUT2D eigenvalue weighted by Crippen LogP contribution is 2.22. The summed E-state index contributed by atoms with van der Waals surface area (Å²) >= 11 is 0. The molecule has 0 aliphatic carbocycles. The van der Waals surface area contributed by atoms with E-state index in [4.69, 9.17) is 4.74 Å². The summed E-state index contributed by atoms with van der Waals surface area (Å²) in [6.07, 6.45) is 3.66. The van der Waals surface area contributed by atoms with E-state index in [0.29, 0.717) is 0 Å². The summed E-state index contributed by atoms with van der Waals surface area (Å²) in [5, 5.41) is 0. The quantitative estimate of drug-likeness (QED) is 0.809. The van der Waals surface area contributed by atoms with Crippen molar-refractivity contribution in [2.75, 3.05) is 18.0 Å². The molecule has 1 aromatic rings. The molecule has 1 aromatic heterocycles. The summed E-state index contributed by atoms with van der Waals surface area (Å²) < 4.78 is 18.9. The normalized spacial score (nSPS) is 21.1. The molecule has 1 unspecified atom stereocenters. The Hall–Kier alpha value is -1.16. The number of aromatic nitrogens is 1. The molecule has 18 heavy (non-hydrogen) atoms. The van der Waals surface area contributed by atoms with Gasteiger partial charge in [-0.1, -0.05) is 0 Å². The Kier molecular flexibility index (Phi) is 3.85. The van der Waals surface area contributed by atoms with E-state index in [-0.39, 0.29) is 17.5 Å². The van der Waals surface area contributed by atoms with E-state index in [9.17, 15) is 4.39 Å². The van der Waals surface area contributed by atoms with Crippen molar-refractivity contribution in [3.8, 4) is 0 Å². The van der Waals surface area contributed by atoms with Crippen LogP contribution in [0.15, 0.2) is 18.3 Å². The molecule has 0 radical (unpaired) electrons. The fraction of sp³-hybridized carbons (Fsp3) is 0.643. The van der Waals surface area contributed by atoms with E-state index in [2.05, 4.69) is 30.7 Å². The number of anilines is 1. The number of piperidine rings is 1. The van der Waals surface area contributed by atoms with E-state index < -0.39 is 0 Å². The van der Waals surface area contributed by atoms with Gasteiger partial charge in [0, 0.05) is 13.1 Å². The van der Waals surface area contributed by atoms with Crippen molar-refractivity contribution in [2.45, 2.75) is 45.3 Å². The minimum Gasteiger partial charge on any atom is -0.371 e. The molecule has 100 valence electrons. The van der Waals surface area contributed by atoms with Crippen LogP contribution < -0.4 is 4.90 Å². The van der Waals surface area contributed by atoms with E-state index >= 15 is 0 Å². The molecule has 0 spiro atoms. The number of pyridine rings is 1. The summed E-state index contributed by atoms with van der Waals surface area (Å²) in [6.45, 7) is 8.00. The molecule has 0 bridgehead atoms. The lowest BCUT2D eigenvalue weighted by Gasteiger charge is -2.36. The number of hydrogen-bond donors (Lipinski definition) is 0. The maximum absolute atomic E-state index is 12.8. The largest absolute Gasteiger partial charge is 0.371 e. The first-order valence-corrected chi connectivity index (χ1v) is 6.48. The first-order chi connectivity index (χ1) is 8.44. The fourth-order valence-electron chi connectivity index (χ4n) is 2.30. The van der Waals surface area contributed by atoms with Gasteiger partial charge < -0.3 is 9.64 Å². The standard InChI is InChI=1S/C14H21FN2O/c1-14(2,3)18-12-5-4-8-17(10-12)13-7-6-11(15)9-16-13/h6-7,9,12H,4-5,8,10H2,1-3H3. The summed E-state index contributed by atoms with van der Waals surface area (Å²) in [5.41, 5.74) is -0.121. The molecule has 1 aliphatic rings. The van der Waals surface area contributed by atoms with Gasteiger partial charge in [-0.05, 0) is 45.7 Å². The van der Waals surface area contributed by atoms with Crippen LogP contribution in [0.25, 0.3) is 0 Å². The first-order valence-electron chi connectivity index (χ1n) is 6.48. The van der Waals surface area contributed by atoms with Crippen molar-refractivity contribution in [3.63, 3.8) is 0 Å². The molecule has 1 atom stereocenters. The van der Waals surface area contributed by atoms with Gasteiger partial charge in [-0.3, -0.25) is 0 Å². The monoisotopic (exact) mass is 252 g/mol. The van der Waals surface area contributed by atoms with Crippen molar-refractivity contribution in [1.29, 1.82) is 0 Å². The maximum Gasteiger partial charge on any atom is 0.141 e. The van der Waals surface area contributed by atoms with E-state index in [0.717, 1.165) is 31.7 Å². The average Bonchev–Trinajstić information content (AvgIpc) is 2.28. The van der Waals surface area contributed by atoms with E-state index in [1.807, 2.05) is 0 Å². The van der Waals surface area contributed by atoms with E-state index in [1.165, 1.54) is 12.3 Å². The topological polar surface area (TPSA) is 25.4 Å². The second kappa shape index (κ2) is 5.22. The van der Waals surface area contributed by atoms with Crippen LogP contribution in [0.4, 0.5) is 10.2 Å². The smallest absolute Gasteiger partial charge is 0.141 e. The average molecular weight is 252 g/mol. The van der Waals surface area contributed by atoms with Gasteiger partial charge in [0.05, 0.1) is 17.9 Å². The minimum atomic E-state index is -0.293. The van der Waals surface area contributed by atoms with Gasteiger partial charge in [0.15, 0.2) is 0 Å². The summed E-state index contributed by atoms with van der Waals surface area (Å²) in [4.78, 5) is 6.29. The molecule has 0 N–H and O–H groups in total. The van der Waals surface area contributed by atoms with Crippen LogP contribution in [0, 0.1) is 5.82 Å². The van der Waals surface area contributed by atoms with Gasteiger partial charge in [-0.15, -0.1) is 0 Å². The highest BCUT2D eigenvalue weighted by Gasteiger charge is 2.25. The van der Waals surface area contributed by atoms with Crippen molar-refractivity contribution >= 4 is 5.82 Å². The Morgan fingerprint density at radius 1 is 1.39 bits per heavy atom. The number of hydrogen-bond acceptors (Lipinski definition) is 3. The molecule has 3 nitrogen and oxygen atoms in total. The zero-order valence-electron chi connectivity index (χ0n) is 11.3. The van der Waals surface area contributed by atoms with Crippen molar-refractivity contribution < 1.29 is 9.13 Å². The van der Waals surface area contributed by atoms with E-state index in [1.54, 1.807) is 6.07 Å². The summed E-state index contributed by atoms with van der Waals surface area (Å²) in [5.74, 6) is 0.539. The predicted octanol–water partition coefficient (Wildman–Crippen LogP) is 3.00. The third-order valence-electron chi connectivity index (χ3n) is 2.93. The molecule has 2 rings (SSSR count). The van der Waals surface area contributed by atoms with Crippen LogP contribution in [-0.2, 0) is 4.74 Å². The lowest BCUT2D eigenvalue weighted by Crippen LogP contribution is -2.43. The molecule has 0 amide bonds. The minimum absolute atomic E-state index is 0.121. The molecular formula is C14H21FN2O. The number of ether oxygens (including phenoxy) is 1. The second-order valence-corrected chi connectivity index (χ2v) is 5.78. The molecule has 1 fully saturated rings. The van der Waals surface area contributed by atoms with Crippen molar-refractivity contribution in [2.24, 2.45) is 0 Å². The third-order valence-corrected chi connectivity index (χ3v) is 2.93. The van der Waals surface area contributed by atoms with Crippen LogP contribution in [0.2, 0.25) is 0 Å². The van der Waals surface area contributed by atoms with Gasteiger partial charge in [-0.2, -0.15) is 0 Å². The fourth-order valence-corrected chi connectivity index (χ4v) is 2.30. The van der Waals surface area contributed by atoms with Crippen LogP contribution in [0.1, 0.15) is 33.6 Å². The molecule has 1 saturated heterocycles. The maximum atomic E-state index is 12.8. The molecule has 0 aromatic carbocycles. The Morgan fingerprint density at radius 3 is 2.78 bits per heavy atom. The van der Waals surface area contributed by atoms with Gasteiger partial charge >= 0.3 is 0 Å². The Bertz CT molecular complexity index is 386. The predicted molar refractivity (Wildman–Crippen MR) is 70.3 cm³/mol. The Balaban J connectivity index is 2.00. The Morgan fingerprint density at radius 2 is 2.17 bits per heavy atom. The van der Waals surface area contributed by atoms with Crippen LogP contribution in [0.5, 0.6) is 0 Å². The van der Waals surface area contributed by atoms with Crippen molar-refractivity contribution in [3.05, 3.63) is 24.1 Å². The molecule has 0 saturated carbocycles. The lowest BCUT2D eigenvalue weighted by molar-refractivity contribution is -0.0636. The molecule has 1 aliphatic heterocycles. The van der Waals surface area contributed by atoms with Gasteiger partial charge in [0.25, 0.3) is 0 Å². The van der Waals surface area contributed by atoms with Gasteiger partial charge in [0.1, 0.15) is 11.6 Å². The molecular weight excluding hydrogens is 231 g/mol. The second-order valence-electron chi connectivity index (χ2n) is 5.78. The van der Waals surface area contributed by atoms with Gasteiger partial charge in [-0.25, -0.2) is 9.37 Å². The highest BCUT2D eigenvalue weighted by molar-refractivity contribution is 5.38. The third kappa shape index (κ3) is 3.67. The Labute approximate surface area is 108 Å². The van der Waals surface area contributed by atoms with Crippen LogP contribution in [-0.4, -0.2) is 29.8 Å². The first kappa shape index (κ1) is 13.3. The van der Waals surface area contributed by atoms with Crippen molar-refractivity contribution in [1.82, 2.24) is 4.98 Å². The number of rotatable bonds is 2. The SMILES string of the molecule is CC(C)(C)OC1CCCN(c2ccc(F)cn2)C1. The molecule has 4 heteroatoms. The van der Waals surface area contributed by atoms with Crippen LogP contribution >= 0.6 is 0 Å². The summed E-state index contributed by atoms with van der Waals surface area (Å²) in [6, 6.07) is 3.19. The lowest BCUT2D eigenvalue weighted by atomic mass is 10.1. The number of halogens is 1.